The normalized spacial score (nSPS) is 10.8. The molecule has 0 aliphatic carbocycles. The van der Waals surface area contributed by atoms with Gasteiger partial charge in [-0.3, -0.25) is 4.79 Å². The molecule has 1 N–H and O–H groups in total. The summed E-state index contributed by atoms with van der Waals surface area (Å²) in [6.45, 7) is 2.79. The topological polar surface area (TPSA) is 46.0 Å². The second kappa shape index (κ2) is 6.02. The molecule has 0 aliphatic rings. The van der Waals surface area contributed by atoms with Crippen LogP contribution in [0.4, 0.5) is 0 Å². The van der Waals surface area contributed by atoms with Crippen LogP contribution in [0.3, 0.4) is 0 Å². The number of para-hydroxylation sites is 2. The summed E-state index contributed by atoms with van der Waals surface area (Å²) >= 11 is 0. The zero-order valence-electron chi connectivity index (χ0n) is 12.8. The fraction of sp³-hybridized carbons (Fsp3) is 0.222. The summed E-state index contributed by atoms with van der Waals surface area (Å²) in [7, 11) is 1.65. The van der Waals surface area contributed by atoms with E-state index in [0.717, 1.165) is 40.9 Å². The number of nitrogens with one attached hydrogen (secondary N) is 1. The lowest BCUT2D eigenvalue weighted by Gasteiger charge is -2.08. The largest absolute Gasteiger partial charge is 0.496 e. The number of ether oxygens (including phenoxy) is 1. The van der Waals surface area contributed by atoms with Gasteiger partial charge in [0.05, 0.1) is 7.11 Å². The second-order valence-corrected chi connectivity index (χ2v) is 5.22. The first kappa shape index (κ1) is 14.3. The van der Waals surface area contributed by atoms with E-state index in [-0.39, 0.29) is 0 Å². The smallest absolute Gasteiger partial charge is 0.255 e. The number of aryl methyl sites for hydroxylation is 1. The van der Waals surface area contributed by atoms with Crippen molar-refractivity contribution in [2.24, 2.45) is 0 Å². The first-order valence-corrected chi connectivity index (χ1v) is 7.38. The Kier molecular flexibility index (Phi) is 3.92. The van der Waals surface area contributed by atoms with Crippen LogP contribution in [0, 0.1) is 0 Å². The second-order valence-electron chi connectivity index (χ2n) is 5.22. The predicted molar refractivity (Wildman–Crippen MR) is 85.4 cm³/mol. The molecule has 112 valence electrons. The van der Waals surface area contributed by atoms with Gasteiger partial charge >= 0.3 is 0 Å². The average Bonchev–Trinajstić information content (AvgIpc) is 2.92. The summed E-state index contributed by atoms with van der Waals surface area (Å²) < 4.78 is 7.68. The van der Waals surface area contributed by atoms with Crippen LogP contribution in [0.1, 0.15) is 28.7 Å². The Morgan fingerprint density at radius 2 is 2.05 bits per heavy atom. The van der Waals surface area contributed by atoms with Crippen molar-refractivity contribution in [1.82, 2.24) is 4.98 Å². The molecule has 0 aliphatic heterocycles. The van der Waals surface area contributed by atoms with E-state index >= 15 is 0 Å². The van der Waals surface area contributed by atoms with Crippen molar-refractivity contribution in [3.8, 4) is 5.75 Å². The van der Waals surface area contributed by atoms with Gasteiger partial charge in [0.15, 0.2) is 11.0 Å². The minimum Gasteiger partial charge on any atom is -0.496 e. The third-order valence-electron chi connectivity index (χ3n) is 3.90. The van der Waals surface area contributed by atoms with Crippen molar-refractivity contribution in [2.75, 3.05) is 7.11 Å². The Morgan fingerprint density at radius 1 is 1.23 bits per heavy atom. The summed E-state index contributed by atoms with van der Waals surface area (Å²) in [5.41, 5.74) is 3.92. The maximum atomic E-state index is 11.0. The standard InChI is InChI=1S/C18H18N2O2/c1-3-18-19-15-6-4-5-7-16(15)20(18)11-14-10-13(12-21)8-9-17(14)22-2/h4-10,12H,3,11H2,1-2H3/p+1. The number of methoxy groups -OCH3 is 1. The molecule has 3 aromatic rings. The number of rotatable bonds is 5. The number of H-pyrrole nitrogens is 1. The molecule has 1 aromatic heterocycles. The molecule has 4 nitrogen and oxygen atoms in total. The highest BCUT2D eigenvalue weighted by atomic mass is 16.5. The zero-order valence-corrected chi connectivity index (χ0v) is 12.8. The van der Waals surface area contributed by atoms with Gasteiger partial charge in [0.25, 0.3) is 5.82 Å². The lowest BCUT2D eigenvalue weighted by molar-refractivity contribution is -0.669. The van der Waals surface area contributed by atoms with Gasteiger partial charge in [-0.25, -0.2) is 9.55 Å². The number of nitrogens with zero attached hydrogens (tertiary/aromatic N) is 1. The van der Waals surface area contributed by atoms with E-state index in [1.165, 1.54) is 0 Å². The van der Waals surface area contributed by atoms with E-state index < -0.39 is 0 Å². The van der Waals surface area contributed by atoms with Gasteiger partial charge in [-0.1, -0.05) is 19.1 Å². The van der Waals surface area contributed by atoms with Gasteiger partial charge in [-0.15, -0.1) is 0 Å². The van der Waals surface area contributed by atoms with Crippen LogP contribution in [0.15, 0.2) is 42.5 Å². The van der Waals surface area contributed by atoms with E-state index in [4.69, 9.17) is 4.74 Å². The molecule has 0 fully saturated rings. The number of carbonyl (C=O) groups excluding carboxylic acids is 1. The highest BCUT2D eigenvalue weighted by molar-refractivity contribution is 5.75. The Hall–Kier alpha value is -2.62. The van der Waals surface area contributed by atoms with E-state index in [0.29, 0.717) is 12.1 Å². The summed E-state index contributed by atoms with van der Waals surface area (Å²) in [6, 6.07) is 13.7. The number of fused-ring (bicyclic) bond motifs is 1. The molecule has 1 heterocycles. The Morgan fingerprint density at radius 3 is 2.77 bits per heavy atom. The quantitative estimate of drug-likeness (QED) is 0.581. The summed E-state index contributed by atoms with van der Waals surface area (Å²) in [5.74, 6) is 1.95. The molecule has 2 aromatic carbocycles. The average molecular weight is 295 g/mol. The lowest BCUT2D eigenvalue weighted by atomic mass is 10.1. The molecule has 0 spiro atoms. The zero-order chi connectivity index (χ0) is 15.5. The van der Waals surface area contributed by atoms with Crippen LogP contribution in [-0.2, 0) is 13.0 Å². The van der Waals surface area contributed by atoms with E-state index in [1.54, 1.807) is 13.2 Å². The molecule has 0 amide bonds. The summed E-state index contributed by atoms with van der Waals surface area (Å²) in [6.07, 6.45) is 1.77. The van der Waals surface area contributed by atoms with Crippen LogP contribution < -0.4 is 9.30 Å². The molecular weight excluding hydrogens is 276 g/mol. The molecule has 3 rings (SSSR count). The Labute approximate surface area is 129 Å². The van der Waals surface area contributed by atoms with Gasteiger partial charge in [0, 0.05) is 17.5 Å². The van der Waals surface area contributed by atoms with Crippen molar-refractivity contribution in [3.63, 3.8) is 0 Å². The number of hydrogen-bond acceptors (Lipinski definition) is 2. The fourth-order valence-corrected chi connectivity index (χ4v) is 2.81. The van der Waals surface area contributed by atoms with Crippen LogP contribution in [0.5, 0.6) is 5.75 Å². The molecule has 0 radical (unpaired) electrons. The van der Waals surface area contributed by atoms with Crippen LogP contribution in [-0.4, -0.2) is 18.4 Å². The van der Waals surface area contributed by atoms with Gasteiger partial charge in [-0.05, 0) is 30.3 Å². The molecule has 0 saturated heterocycles. The van der Waals surface area contributed by atoms with Crippen LogP contribution in [0.25, 0.3) is 11.0 Å². The van der Waals surface area contributed by atoms with Gasteiger partial charge in [-0.2, -0.15) is 0 Å². The van der Waals surface area contributed by atoms with Crippen molar-refractivity contribution in [3.05, 3.63) is 59.4 Å². The summed E-state index contributed by atoms with van der Waals surface area (Å²) in [4.78, 5) is 14.5. The van der Waals surface area contributed by atoms with Gasteiger partial charge < -0.3 is 4.74 Å². The van der Waals surface area contributed by atoms with Crippen molar-refractivity contribution in [1.29, 1.82) is 0 Å². The number of aromatic amines is 1. The molecule has 0 unspecified atom stereocenters. The molecule has 22 heavy (non-hydrogen) atoms. The molecular formula is C18H19N2O2+. The number of aldehydes is 1. The SMILES string of the molecule is CCc1[nH]c2ccccc2[n+]1Cc1cc(C=O)ccc1OC. The number of carbonyl (C=O) groups is 1. The minimum absolute atomic E-state index is 0.661. The molecule has 0 bridgehead atoms. The number of benzene rings is 2. The van der Waals surface area contributed by atoms with Crippen molar-refractivity contribution < 1.29 is 14.1 Å². The van der Waals surface area contributed by atoms with Crippen LogP contribution in [0.2, 0.25) is 0 Å². The van der Waals surface area contributed by atoms with Gasteiger partial charge in [0.1, 0.15) is 18.6 Å². The van der Waals surface area contributed by atoms with E-state index in [9.17, 15) is 4.79 Å². The maximum Gasteiger partial charge on any atom is 0.255 e. The Bertz CT molecular complexity index is 821. The Balaban J connectivity index is 2.11. The van der Waals surface area contributed by atoms with Gasteiger partial charge in [0.2, 0.25) is 0 Å². The number of aromatic nitrogens is 2. The maximum absolute atomic E-state index is 11.0. The van der Waals surface area contributed by atoms with E-state index in [2.05, 4.69) is 28.6 Å². The molecule has 0 atom stereocenters. The third kappa shape index (κ3) is 2.48. The van der Waals surface area contributed by atoms with Crippen molar-refractivity contribution >= 4 is 17.3 Å². The molecule has 0 saturated carbocycles. The minimum atomic E-state index is 0.661. The summed E-state index contributed by atoms with van der Waals surface area (Å²) in [5, 5.41) is 0. The predicted octanol–water partition coefficient (Wildman–Crippen LogP) is 2.89. The fourth-order valence-electron chi connectivity index (χ4n) is 2.81. The number of hydrogen-bond donors (Lipinski definition) is 1. The highest BCUT2D eigenvalue weighted by Crippen LogP contribution is 2.20. The molecule has 4 heteroatoms. The lowest BCUT2D eigenvalue weighted by Crippen LogP contribution is -2.37. The highest BCUT2D eigenvalue weighted by Gasteiger charge is 2.18. The third-order valence-corrected chi connectivity index (χ3v) is 3.90. The first-order chi connectivity index (χ1) is 10.8. The number of imidazole rings is 1. The first-order valence-electron chi connectivity index (χ1n) is 7.38. The van der Waals surface area contributed by atoms with E-state index in [1.807, 2.05) is 24.3 Å². The van der Waals surface area contributed by atoms with Crippen molar-refractivity contribution in [2.45, 2.75) is 19.9 Å². The monoisotopic (exact) mass is 295 g/mol. The van der Waals surface area contributed by atoms with Crippen LogP contribution >= 0.6 is 0 Å².